The average Bonchev–Trinajstić information content (AvgIpc) is 3.26. The minimum atomic E-state index is -1.00. The Morgan fingerprint density at radius 2 is 1.58 bits per heavy atom. The SMILES string of the molecule is O=C1[C@@H]2[C@@H](ON(c3ccccc3)[C@H]2c2ccc(O)cc2)C(=O)N1c1ccc(Cl)cc1Cl. The molecule has 5 rings (SSSR count). The van der Waals surface area contributed by atoms with Gasteiger partial charge in [-0.25, -0.2) is 9.96 Å². The molecule has 31 heavy (non-hydrogen) atoms. The number of fused-ring (bicyclic) bond motifs is 1. The molecule has 2 fully saturated rings. The molecule has 0 unspecified atom stereocenters. The summed E-state index contributed by atoms with van der Waals surface area (Å²) in [6, 6.07) is 19.8. The summed E-state index contributed by atoms with van der Waals surface area (Å²) >= 11 is 12.3. The van der Waals surface area contributed by atoms with E-state index in [9.17, 15) is 14.7 Å². The number of carbonyl (C=O) groups is 2. The summed E-state index contributed by atoms with van der Waals surface area (Å²) in [5.74, 6) is -1.57. The number of rotatable bonds is 3. The molecule has 2 heterocycles. The summed E-state index contributed by atoms with van der Waals surface area (Å²) in [7, 11) is 0. The Bertz CT molecular complexity index is 1170. The number of hydrogen-bond donors (Lipinski definition) is 1. The van der Waals surface area contributed by atoms with Crippen LogP contribution in [-0.4, -0.2) is 23.0 Å². The Morgan fingerprint density at radius 3 is 2.26 bits per heavy atom. The van der Waals surface area contributed by atoms with Crippen molar-refractivity contribution >= 4 is 46.4 Å². The highest BCUT2D eigenvalue weighted by Crippen LogP contribution is 2.48. The highest BCUT2D eigenvalue weighted by molar-refractivity contribution is 6.38. The van der Waals surface area contributed by atoms with Crippen LogP contribution in [0.4, 0.5) is 11.4 Å². The molecular formula is C23H16Cl2N2O4. The molecule has 3 aromatic carbocycles. The van der Waals surface area contributed by atoms with Gasteiger partial charge < -0.3 is 5.11 Å². The van der Waals surface area contributed by atoms with Gasteiger partial charge in [-0.2, -0.15) is 0 Å². The number of phenolic OH excluding ortho intramolecular Hbond substituents is 1. The van der Waals surface area contributed by atoms with E-state index in [2.05, 4.69) is 0 Å². The summed E-state index contributed by atoms with van der Waals surface area (Å²) in [6.07, 6.45) is -1.00. The molecule has 0 saturated carbocycles. The third kappa shape index (κ3) is 3.24. The van der Waals surface area contributed by atoms with E-state index >= 15 is 0 Å². The lowest BCUT2D eigenvalue weighted by Crippen LogP contribution is -2.37. The first-order chi connectivity index (χ1) is 15.0. The smallest absolute Gasteiger partial charge is 0.266 e. The van der Waals surface area contributed by atoms with Gasteiger partial charge in [0.05, 0.1) is 22.4 Å². The Kier molecular flexibility index (Phi) is 4.85. The van der Waals surface area contributed by atoms with Crippen LogP contribution < -0.4 is 9.96 Å². The fourth-order valence-electron chi connectivity index (χ4n) is 4.12. The standard InChI is InChI=1S/C23H16Cl2N2O4/c24-14-8-11-18(17(25)12-14)26-22(29)19-20(13-6-9-16(28)10-7-13)27(31-21(19)23(26)30)15-4-2-1-3-5-15/h1-12,19-21,28H/t19-,20-,21+/m0/s1. The number of amides is 2. The van der Waals surface area contributed by atoms with Gasteiger partial charge in [-0.15, -0.1) is 0 Å². The summed E-state index contributed by atoms with van der Waals surface area (Å²) in [5.41, 5.74) is 1.72. The minimum absolute atomic E-state index is 0.105. The fraction of sp³-hybridized carbons (Fsp3) is 0.130. The van der Waals surface area contributed by atoms with Crippen LogP contribution in [0.1, 0.15) is 11.6 Å². The van der Waals surface area contributed by atoms with Gasteiger partial charge in [0.1, 0.15) is 11.7 Å². The van der Waals surface area contributed by atoms with E-state index in [0.717, 1.165) is 10.5 Å². The molecule has 0 aliphatic carbocycles. The number of phenols is 1. The van der Waals surface area contributed by atoms with Crippen molar-refractivity contribution in [3.63, 3.8) is 0 Å². The van der Waals surface area contributed by atoms with Crippen LogP contribution in [0.3, 0.4) is 0 Å². The van der Waals surface area contributed by atoms with Crippen molar-refractivity contribution in [1.82, 2.24) is 0 Å². The number of hydroxylamine groups is 1. The van der Waals surface area contributed by atoms with Crippen LogP contribution in [0.2, 0.25) is 10.0 Å². The normalized spacial score (nSPS) is 22.8. The lowest BCUT2D eigenvalue weighted by Gasteiger charge is -2.29. The van der Waals surface area contributed by atoms with Crippen molar-refractivity contribution in [2.45, 2.75) is 12.1 Å². The van der Waals surface area contributed by atoms with Gasteiger partial charge >= 0.3 is 0 Å². The number of aromatic hydroxyl groups is 1. The Morgan fingerprint density at radius 1 is 0.871 bits per heavy atom. The molecule has 156 valence electrons. The molecule has 0 radical (unpaired) electrons. The number of anilines is 2. The Balaban J connectivity index is 1.59. The van der Waals surface area contributed by atoms with Gasteiger partial charge in [0.2, 0.25) is 5.91 Å². The van der Waals surface area contributed by atoms with E-state index < -0.39 is 29.9 Å². The molecule has 2 aliphatic rings. The average molecular weight is 455 g/mol. The second-order valence-corrected chi connectivity index (χ2v) is 8.20. The quantitative estimate of drug-likeness (QED) is 0.578. The molecule has 0 spiro atoms. The van der Waals surface area contributed by atoms with Gasteiger partial charge in [-0.05, 0) is 48.0 Å². The number of halogens is 2. The molecule has 1 N–H and O–H groups in total. The molecule has 6 nitrogen and oxygen atoms in total. The van der Waals surface area contributed by atoms with E-state index in [1.165, 1.54) is 6.07 Å². The third-order valence-electron chi connectivity index (χ3n) is 5.51. The van der Waals surface area contributed by atoms with Crippen molar-refractivity contribution in [3.8, 4) is 5.75 Å². The molecule has 8 heteroatoms. The minimum Gasteiger partial charge on any atom is -0.508 e. The molecule has 0 aromatic heterocycles. The second kappa shape index (κ2) is 7.57. The summed E-state index contributed by atoms with van der Waals surface area (Å²) in [5, 5.41) is 11.9. The highest BCUT2D eigenvalue weighted by atomic mass is 35.5. The summed E-state index contributed by atoms with van der Waals surface area (Å²) in [4.78, 5) is 33.9. The maximum atomic E-state index is 13.5. The first-order valence-electron chi connectivity index (χ1n) is 9.58. The highest BCUT2D eigenvalue weighted by Gasteiger charge is 2.60. The Hall–Kier alpha value is -3.06. The van der Waals surface area contributed by atoms with E-state index in [-0.39, 0.29) is 16.5 Å². The lowest BCUT2D eigenvalue weighted by atomic mass is 9.90. The zero-order valence-corrected chi connectivity index (χ0v) is 17.5. The number of benzene rings is 3. The fourth-order valence-corrected chi connectivity index (χ4v) is 4.62. The van der Waals surface area contributed by atoms with Gasteiger partial charge in [0, 0.05) is 5.02 Å². The van der Waals surface area contributed by atoms with Crippen molar-refractivity contribution in [1.29, 1.82) is 0 Å². The molecule has 3 atom stereocenters. The molecule has 0 bridgehead atoms. The largest absolute Gasteiger partial charge is 0.508 e. The van der Waals surface area contributed by atoms with Gasteiger partial charge in [0.25, 0.3) is 5.91 Å². The van der Waals surface area contributed by atoms with Crippen LogP contribution >= 0.6 is 23.2 Å². The van der Waals surface area contributed by atoms with Gasteiger partial charge in [-0.1, -0.05) is 53.5 Å². The van der Waals surface area contributed by atoms with Crippen LogP contribution in [0.5, 0.6) is 5.75 Å². The molecule has 2 saturated heterocycles. The van der Waals surface area contributed by atoms with E-state index in [4.69, 9.17) is 28.0 Å². The van der Waals surface area contributed by atoms with Crippen LogP contribution in [-0.2, 0) is 14.4 Å². The van der Waals surface area contributed by atoms with Crippen molar-refractivity contribution < 1.29 is 19.5 Å². The van der Waals surface area contributed by atoms with Crippen LogP contribution in [0.15, 0.2) is 72.8 Å². The number of hydrogen-bond acceptors (Lipinski definition) is 5. The monoisotopic (exact) mass is 454 g/mol. The topological polar surface area (TPSA) is 70.1 Å². The Labute approximate surface area is 188 Å². The zero-order chi connectivity index (χ0) is 21.7. The first kappa shape index (κ1) is 19.9. The van der Waals surface area contributed by atoms with Crippen molar-refractivity contribution in [3.05, 3.63) is 88.4 Å². The summed E-state index contributed by atoms with van der Waals surface area (Å²) < 4.78 is 0. The number of imide groups is 1. The predicted octanol–water partition coefficient (Wildman–Crippen LogP) is 4.75. The molecular weight excluding hydrogens is 439 g/mol. The van der Waals surface area contributed by atoms with Crippen molar-refractivity contribution in [2.75, 3.05) is 9.96 Å². The van der Waals surface area contributed by atoms with Crippen molar-refractivity contribution in [2.24, 2.45) is 5.92 Å². The molecule has 2 amide bonds. The number of nitrogens with zero attached hydrogens (tertiary/aromatic N) is 2. The lowest BCUT2D eigenvalue weighted by molar-refractivity contribution is -0.126. The van der Waals surface area contributed by atoms with E-state index in [1.807, 2.05) is 30.3 Å². The summed E-state index contributed by atoms with van der Waals surface area (Å²) in [6.45, 7) is 0. The maximum Gasteiger partial charge on any atom is 0.266 e. The number of para-hydroxylation sites is 1. The zero-order valence-electron chi connectivity index (χ0n) is 16.0. The molecule has 3 aromatic rings. The third-order valence-corrected chi connectivity index (χ3v) is 6.05. The number of carbonyl (C=O) groups excluding carboxylic acids is 2. The van der Waals surface area contributed by atoms with Gasteiger partial charge in [-0.3, -0.25) is 14.4 Å². The van der Waals surface area contributed by atoms with E-state index in [0.29, 0.717) is 10.7 Å². The van der Waals surface area contributed by atoms with Gasteiger partial charge in [0.15, 0.2) is 6.10 Å². The van der Waals surface area contributed by atoms with E-state index in [1.54, 1.807) is 41.5 Å². The van der Waals surface area contributed by atoms with Crippen LogP contribution in [0, 0.1) is 5.92 Å². The maximum absolute atomic E-state index is 13.5. The predicted molar refractivity (Wildman–Crippen MR) is 117 cm³/mol. The first-order valence-corrected chi connectivity index (χ1v) is 10.3. The second-order valence-electron chi connectivity index (χ2n) is 7.36. The molecule has 2 aliphatic heterocycles. The van der Waals surface area contributed by atoms with Crippen LogP contribution in [0.25, 0.3) is 0 Å².